The molecule has 0 saturated heterocycles. The van der Waals surface area contributed by atoms with Gasteiger partial charge in [0, 0.05) is 6.04 Å². The van der Waals surface area contributed by atoms with Crippen LogP contribution in [0.2, 0.25) is 0 Å². The molecule has 1 aliphatic rings. The van der Waals surface area contributed by atoms with Crippen molar-refractivity contribution in [1.82, 2.24) is 5.32 Å². The van der Waals surface area contributed by atoms with Crippen LogP contribution in [-0.2, 0) is 0 Å². The molecule has 0 spiro atoms. The molecule has 0 aromatic heterocycles. The minimum atomic E-state index is 0.670. The second-order valence-corrected chi connectivity index (χ2v) is 4.47. The summed E-state index contributed by atoms with van der Waals surface area (Å²) in [5.41, 5.74) is 0.670. The Morgan fingerprint density at radius 1 is 1.27 bits per heavy atom. The first-order chi connectivity index (χ1) is 5.10. The summed E-state index contributed by atoms with van der Waals surface area (Å²) in [7, 11) is 2.07. The van der Waals surface area contributed by atoms with Gasteiger partial charge in [0.05, 0.1) is 0 Å². The van der Waals surface area contributed by atoms with Gasteiger partial charge in [-0.15, -0.1) is 0 Å². The molecule has 1 heteroatoms. The fourth-order valence-electron chi connectivity index (χ4n) is 2.09. The molecule has 0 bridgehead atoms. The van der Waals surface area contributed by atoms with Gasteiger partial charge < -0.3 is 5.32 Å². The van der Waals surface area contributed by atoms with Crippen LogP contribution < -0.4 is 5.32 Å². The van der Waals surface area contributed by atoms with Crippen LogP contribution in [0.5, 0.6) is 0 Å². The van der Waals surface area contributed by atoms with Gasteiger partial charge in [0.15, 0.2) is 0 Å². The predicted octanol–water partition coefficient (Wildman–Crippen LogP) is 2.42. The molecule has 1 nitrogen and oxygen atoms in total. The number of nitrogens with one attached hydrogen (secondary N) is 1. The fraction of sp³-hybridized carbons (Fsp3) is 1.00. The Morgan fingerprint density at radius 3 is 2.09 bits per heavy atom. The van der Waals surface area contributed by atoms with E-state index in [2.05, 4.69) is 33.1 Å². The SMILES string of the molecule is CNC(C)C1(CC(C)C)CC1. The van der Waals surface area contributed by atoms with Crippen LogP contribution in [0.15, 0.2) is 0 Å². The van der Waals surface area contributed by atoms with Crippen LogP contribution in [0.25, 0.3) is 0 Å². The first kappa shape index (κ1) is 9.05. The molecule has 1 rings (SSSR count). The van der Waals surface area contributed by atoms with Crippen LogP contribution >= 0.6 is 0 Å². The highest BCUT2D eigenvalue weighted by Crippen LogP contribution is 2.53. The number of hydrogen-bond acceptors (Lipinski definition) is 1. The maximum atomic E-state index is 3.37. The molecule has 11 heavy (non-hydrogen) atoms. The summed E-state index contributed by atoms with van der Waals surface area (Å²) in [4.78, 5) is 0. The van der Waals surface area contributed by atoms with E-state index < -0.39 is 0 Å². The van der Waals surface area contributed by atoms with E-state index in [9.17, 15) is 0 Å². The normalized spacial score (nSPS) is 23.7. The molecule has 1 aliphatic carbocycles. The molecule has 1 atom stereocenters. The highest BCUT2D eigenvalue weighted by Gasteiger charge is 2.46. The molecule has 66 valence electrons. The maximum Gasteiger partial charge on any atom is 0.00922 e. The third kappa shape index (κ3) is 1.96. The summed E-state index contributed by atoms with van der Waals surface area (Å²) >= 11 is 0. The maximum absolute atomic E-state index is 3.37. The smallest absolute Gasteiger partial charge is 0.00922 e. The van der Waals surface area contributed by atoms with Gasteiger partial charge in [-0.25, -0.2) is 0 Å². The van der Waals surface area contributed by atoms with E-state index in [4.69, 9.17) is 0 Å². The molecule has 0 amide bonds. The molecule has 0 aliphatic heterocycles. The van der Waals surface area contributed by atoms with Crippen molar-refractivity contribution in [2.24, 2.45) is 11.3 Å². The van der Waals surface area contributed by atoms with Crippen molar-refractivity contribution in [2.75, 3.05) is 7.05 Å². The Bertz CT molecular complexity index is 125. The number of hydrogen-bond donors (Lipinski definition) is 1. The minimum Gasteiger partial charge on any atom is -0.317 e. The van der Waals surface area contributed by atoms with Crippen LogP contribution in [0.1, 0.15) is 40.0 Å². The second-order valence-electron chi connectivity index (χ2n) is 4.47. The lowest BCUT2D eigenvalue weighted by atomic mass is 9.88. The molecular weight excluding hydrogens is 134 g/mol. The van der Waals surface area contributed by atoms with Crippen molar-refractivity contribution in [3.8, 4) is 0 Å². The quantitative estimate of drug-likeness (QED) is 0.657. The summed E-state index contributed by atoms with van der Waals surface area (Å²) < 4.78 is 0. The van der Waals surface area contributed by atoms with E-state index in [1.165, 1.54) is 19.3 Å². The van der Waals surface area contributed by atoms with Crippen molar-refractivity contribution in [1.29, 1.82) is 0 Å². The molecule has 0 heterocycles. The Morgan fingerprint density at radius 2 is 1.82 bits per heavy atom. The summed E-state index contributed by atoms with van der Waals surface area (Å²) in [6.07, 6.45) is 4.27. The first-order valence-corrected chi connectivity index (χ1v) is 4.78. The highest BCUT2D eigenvalue weighted by atomic mass is 14.9. The molecule has 0 radical (unpaired) electrons. The molecule has 1 N–H and O–H groups in total. The van der Waals surface area contributed by atoms with Crippen molar-refractivity contribution >= 4 is 0 Å². The standard InChI is InChI=1S/C10H21N/c1-8(2)7-10(5-6-10)9(3)11-4/h8-9,11H,5-7H2,1-4H3. The zero-order valence-electron chi connectivity index (χ0n) is 8.28. The Balaban J connectivity index is 2.40. The minimum absolute atomic E-state index is 0.670. The fourth-order valence-corrected chi connectivity index (χ4v) is 2.09. The van der Waals surface area contributed by atoms with E-state index in [0.29, 0.717) is 11.5 Å². The Hall–Kier alpha value is -0.0400. The van der Waals surface area contributed by atoms with Gasteiger partial charge in [0.2, 0.25) is 0 Å². The lowest BCUT2D eigenvalue weighted by molar-refractivity contribution is 0.306. The van der Waals surface area contributed by atoms with Gasteiger partial charge in [-0.2, -0.15) is 0 Å². The van der Waals surface area contributed by atoms with Crippen molar-refractivity contribution in [2.45, 2.75) is 46.1 Å². The van der Waals surface area contributed by atoms with Crippen LogP contribution in [0.3, 0.4) is 0 Å². The molecule has 0 aromatic rings. The summed E-state index contributed by atoms with van der Waals surface area (Å²) in [5.74, 6) is 0.855. The van der Waals surface area contributed by atoms with Gasteiger partial charge in [0.25, 0.3) is 0 Å². The summed E-state index contributed by atoms with van der Waals surface area (Å²) in [6, 6.07) is 0.713. The lowest BCUT2D eigenvalue weighted by Crippen LogP contribution is -2.32. The van der Waals surface area contributed by atoms with E-state index in [1.54, 1.807) is 0 Å². The van der Waals surface area contributed by atoms with Crippen molar-refractivity contribution < 1.29 is 0 Å². The first-order valence-electron chi connectivity index (χ1n) is 4.78. The van der Waals surface area contributed by atoms with Gasteiger partial charge in [-0.05, 0) is 44.6 Å². The molecule has 1 fully saturated rings. The van der Waals surface area contributed by atoms with Gasteiger partial charge in [-0.1, -0.05) is 13.8 Å². The summed E-state index contributed by atoms with van der Waals surface area (Å²) in [5, 5.41) is 3.37. The third-order valence-corrected chi connectivity index (χ3v) is 3.06. The van der Waals surface area contributed by atoms with Crippen LogP contribution in [-0.4, -0.2) is 13.1 Å². The lowest BCUT2D eigenvalue weighted by Gasteiger charge is -2.24. The molecular formula is C10H21N. The highest BCUT2D eigenvalue weighted by molar-refractivity contribution is 5.00. The Labute approximate surface area is 70.6 Å². The van der Waals surface area contributed by atoms with Gasteiger partial charge in [0.1, 0.15) is 0 Å². The van der Waals surface area contributed by atoms with Gasteiger partial charge in [-0.3, -0.25) is 0 Å². The Kier molecular flexibility index (Phi) is 2.58. The van der Waals surface area contributed by atoms with E-state index in [1.807, 2.05) is 0 Å². The average Bonchev–Trinajstić information content (AvgIpc) is 2.67. The van der Waals surface area contributed by atoms with Crippen molar-refractivity contribution in [3.05, 3.63) is 0 Å². The van der Waals surface area contributed by atoms with Crippen molar-refractivity contribution in [3.63, 3.8) is 0 Å². The number of rotatable bonds is 4. The third-order valence-electron chi connectivity index (χ3n) is 3.06. The van der Waals surface area contributed by atoms with Crippen LogP contribution in [0, 0.1) is 11.3 Å². The summed E-state index contributed by atoms with van der Waals surface area (Å²) in [6.45, 7) is 6.96. The predicted molar refractivity (Wildman–Crippen MR) is 49.6 cm³/mol. The van der Waals surface area contributed by atoms with Gasteiger partial charge >= 0.3 is 0 Å². The van der Waals surface area contributed by atoms with Crippen LogP contribution in [0.4, 0.5) is 0 Å². The topological polar surface area (TPSA) is 12.0 Å². The second kappa shape index (κ2) is 3.14. The molecule has 0 aromatic carbocycles. The monoisotopic (exact) mass is 155 g/mol. The molecule has 1 unspecified atom stereocenters. The van der Waals surface area contributed by atoms with E-state index in [-0.39, 0.29) is 0 Å². The largest absolute Gasteiger partial charge is 0.317 e. The molecule has 1 saturated carbocycles. The zero-order valence-corrected chi connectivity index (χ0v) is 8.28. The van der Waals surface area contributed by atoms with E-state index in [0.717, 1.165) is 5.92 Å². The average molecular weight is 155 g/mol. The van der Waals surface area contributed by atoms with E-state index >= 15 is 0 Å². The zero-order chi connectivity index (χ0) is 8.48.